The maximum absolute atomic E-state index is 14.6. The maximum atomic E-state index is 14.6. The van der Waals surface area contributed by atoms with Crippen molar-refractivity contribution in [2.75, 3.05) is 35.6 Å². The summed E-state index contributed by atoms with van der Waals surface area (Å²) in [7, 11) is 0. The molecule has 3 saturated carbocycles. The van der Waals surface area contributed by atoms with Crippen molar-refractivity contribution in [1.29, 1.82) is 5.26 Å². The molecule has 22 nitrogen and oxygen atoms in total. The molecule has 6 aromatic rings. The molecular weight excluding hydrogens is 1310 g/mol. The van der Waals surface area contributed by atoms with Gasteiger partial charge < -0.3 is 0 Å². The zero-order chi connectivity index (χ0) is 61.0. The number of rotatable bonds is 9. The zero-order valence-corrected chi connectivity index (χ0v) is 50.4. The van der Waals surface area contributed by atoms with Crippen molar-refractivity contribution in [3.05, 3.63) is 155 Å². The number of nitrogens with zero attached hydrogens (tertiary/aromatic N) is 10. The van der Waals surface area contributed by atoms with Gasteiger partial charge in [0.2, 0.25) is 53.3 Å². The molecular formula is C56H47Br3ClF2N13O9. The van der Waals surface area contributed by atoms with E-state index in [0.717, 1.165) is 41.6 Å². The maximum Gasteiger partial charge on any atom is 0.261 e. The molecule has 12 rings (SSSR count). The highest BCUT2D eigenvalue weighted by Gasteiger charge is 2.62. The molecule has 6 aliphatic rings. The third-order valence-corrected chi connectivity index (χ3v) is 15.7. The topological polar surface area (TPSA) is 301 Å². The molecule has 28 heteroatoms. The number of hydrogen-bond donors (Lipinski definition) is 3. The van der Waals surface area contributed by atoms with E-state index in [2.05, 4.69) is 93.6 Å². The van der Waals surface area contributed by atoms with E-state index in [4.69, 9.17) is 16.9 Å². The number of hydrogen-bond acceptors (Lipinski definition) is 16. The molecule has 6 heterocycles. The van der Waals surface area contributed by atoms with E-state index in [0.29, 0.717) is 60.2 Å². The second-order valence-corrected chi connectivity index (χ2v) is 22.1. The molecule has 0 radical (unpaired) electrons. The molecule has 84 heavy (non-hydrogen) atoms. The predicted octanol–water partition coefficient (Wildman–Crippen LogP) is 8.53. The zero-order valence-electron chi connectivity index (χ0n) is 44.9. The summed E-state index contributed by atoms with van der Waals surface area (Å²) >= 11 is 15.5. The number of amides is 9. The summed E-state index contributed by atoms with van der Waals surface area (Å²) in [4.78, 5) is 139. The molecule has 3 fully saturated rings. The van der Waals surface area contributed by atoms with Gasteiger partial charge in [-0.3, -0.25) is 73.8 Å². The summed E-state index contributed by atoms with van der Waals surface area (Å²) in [5.41, 5.74) is 0.229. The highest BCUT2D eigenvalue weighted by atomic mass is 79.9. The quantitative estimate of drug-likeness (QED) is 0.114. The van der Waals surface area contributed by atoms with E-state index in [9.17, 15) is 51.9 Å². The molecule has 0 saturated heterocycles. The highest BCUT2D eigenvalue weighted by Crippen LogP contribution is 2.56. The van der Waals surface area contributed by atoms with Gasteiger partial charge in [-0.1, -0.05) is 71.2 Å². The minimum Gasteiger partial charge on any atom is -0.293 e. The fourth-order valence-corrected chi connectivity index (χ4v) is 10.7. The third kappa shape index (κ3) is 12.4. The number of carbonyl (C=O) groups excluding carboxylic acids is 9. The first-order valence-electron chi connectivity index (χ1n) is 25.9. The van der Waals surface area contributed by atoms with Crippen LogP contribution in [0.4, 0.5) is 26.6 Å². The summed E-state index contributed by atoms with van der Waals surface area (Å²) in [6.07, 6.45) is 10.4. The van der Waals surface area contributed by atoms with Crippen molar-refractivity contribution in [3.63, 3.8) is 0 Å². The summed E-state index contributed by atoms with van der Waals surface area (Å²) in [6, 6.07) is 15.1. The molecule has 432 valence electrons. The normalized spacial score (nSPS) is 16.3. The van der Waals surface area contributed by atoms with E-state index in [1.807, 2.05) is 39.8 Å². The van der Waals surface area contributed by atoms with Gasteiger partial charge >= 0.3 is 0 Å². The lowest BCUT2D eigenvalue weighted by Crippen LogP contribution is -2.51. The number of imide groups is 3. The van der Waals surface area contributed by atoms with Crippen LogP contribution in [0.3, 0.4) is 0 Å². The highest BCUT2D eigenvalue weighted by molar-refractivity contribution is 9.11. The lowest BCUT2D eigenvalue weighted by molar-refractivity contribution is -0.135. The fourth-order valence-electron chi connectivity index (χ4n) is 9.58. The number of benzene rings is 3. The van der Waals surface area contributed by atoms with E-state index in [-0.39, 0.29) is 57.4 Å². The largest absolute Gasteiger partial charge is 0.293 e. The molecule has 0 bridgehead atoms. The van der Waals surface area contributed by atoms with E-state index >= 15 is 0 Å². The summed E-state index contributed by atoms with van der Waals surface area (Å²) in [5, 5.41) is 16.3. The van der Waals surface area contributed by atoms with Gasteiger partial charge in [-0.15, -0.1) is 0 Å². The predicted molar refractivity (Wildman–Crippen MR) is 308 cm³/mol. The first-order chi connectivity index (χ1) is 40.2. The van der Waals surface area contributed by atoms with Crippen molar-refractivity contribution in [2.24, 2.45) is 0 Å². The Kier molecular flexibility index (Phi) is 18.7. The van der Waals surface area contributed by atoms with Crippen LogP contribution in [-0.2, 0) is 45.0 Å². The Morgan fingerprint density at radius 1 is 0.548 bits per heavy atom. The van der Waals surface area contributed by atoms with Crippen molar-refractivity contribution in [3.8, 4) is 6.07 Å². The molecule has 0 unspecified atom stereocenters. The number of halogens is 6. The van der Waals surface area contributed by atoms with Crippen LogP contribution in [0.15, 0.2) is 99.1 Å². The van der Waals surface area contributed by atoms with Crippen LogP contribution < -0.4 is 16.0 Å². The van der Waals surface area contributed by atoms with E-state index in [1.54, 1.807) is 30.3 Å². The average Bonchev–Trinajstić information content (AvgIpc) is 1.71. The number of nitriles is 1. The van der Waals surface area contributed by atoms with Crippen molar-refractivity contribution in [1.82, 2.24) is 44.6 Å². The number of carbonyl (C=O) groups is 9. The molecule has 3 aliphatic carbocycles. The van der Waals surface area contributed by atoms with Gasteiger partial charge in [-0.25, -0.2) is 38.7 Å². The van der Waals surface area contributed by atoms with Crippen LogP contribution in [0.2, 0.25) is 5.02 Å². The molecule has 3 N–H and O–H groups in total. The Hall–Kier alpha value is -8.19. The second-order valence-electron chi connectivity index (χ2n) is 19.0. The first kappa shape index (κ1) is 61.9. The lowest BCUT2D eigenvalue weighted by atomic mass is 9.85. The fraction of sp³-hybridized carbons (Fsp3) is 0.286. The van der Waals surface area contributed by atoms with Crippen LogP contribution in [-0.4, -0.2) is 117 Å². The molecule has 3 spiro atoms. The molecule has 9 amide bonds. The number of anilines is 3. The Morgan fingerprint density at radius 3 is 1.27 bits per heavy atom. The number of nitrogens with one attached hydrogen (secondary N) is 3. The Labute approximate surface area is 508 Å². The summed E-state index contributed by atoms with van der Waals surface area (Å²) in [5.74, 6) is -6.20. The molecule has 0 atom stereocenters. The summed E-state index contributed by atoms with van der Waals surface area (Å²) in [6.45, 7) is 6.62. The third-order valence-electron chi connectivity index (χ3n) is 13.9. The molecule has 3 aromatic carbocycles. The van der Waals surface area contributed by atoms with Crippen molar-refractivity contribution < 1.29 is 51.9 Å². The van der Waals surface area contributed by atoms with Gasteiger partial charge in [0.05, 0.1) is 68.5 Å². The van der Waals surface area contributed by atoms with Crippen LogP contribution in [0.5, 0.6) is 0 Å². The minimum absolute atomic E-state index is 0.0572. The monoisotopic (exact) mass is 1360 g/mol. The Morgan fingerprint density at radius 2 is 0.893 bits per heavy atom. The SMILES string of the molecule is CC.CC.N#Cc1cnc(NC(=O)CN2C(=O)c3ccc(Br)c(F)c3C3(CC3)C2=O)nc1.O=C(CN1C(=O)c2ccc(Br)cc2C2(CC2)C1=O)Nc1ncc(Cl)cn1.O=C(CN1C(=O)c2ccc(Br)cc2C2(CC2)C1=O)Nc1ncc(F)cn1. The van der Waals surface area contributed by atoms with Crippen molar-refractivity contribution in [2.45, 2.75) is 82.5 Å². The first-order valence-corrected chi connectivity index (χ1v) is 28.7. The number of fused-ring (bicyclic) bond motifs is 6. The Balaban J connectivity index is 0.000000160. The molecule has 3 aliphatic heterocycles. The lowest BCUT2D eigenvalue weighted by Gasteiger charge is -2.32. The van der Waals surface area contributed by atoms with Gasteiger partial charge in [0.25, 0.3) is 17.7 Å². The second kappa shape index (κ2) is 25.3. The average molecular weight is 1360 g/mol. The van der Waals surface area contributed by atoms with Crippen molar-refractivity contribution >= 4 is 130 Å². The summed E-state index contributed by atoms with van der Waals surface area (Å²) < 4.78 is 29.2. The van der Waals surface area contributed by atoms with Crippen LogP contribution in [0, 0.1) is 23.0 Å². The van der Waals surface area contributed by atoms with Gasteiger partial charge in [0.1, 0.15) is 31.5 Å². The number of aromatic nitrogens is 6. The van der Waals surface area contributed by atoms with Gasteiger partial charge in [-0.2, -0.15) is 5.26 Å². The van der Waals surface area contributed by atoms with Crippen LogP contribution in [0.1, 0.15) is 120 Å². The van der Waals surface area contributed by atoms with Gasteiger partial charge in [-0.05, 0) is 114 Å². The van der Waals surface area contributed by atoms with E-state index < -0.39 is 82.3 Å². The van der Waals surface area contributed by atoms with Gasteiger partial charge in [0, 0.05) is 31.2 Å². The Bertz CT molecular complexity index is 3580. The smallest absolute Gasteiger partial charge is 0.261 e. The van der Waals surface area contributed by atoms with Crippen LogP contribution in [0.25, 0.3) is 0 Å². The minimum atomic E-state index is -1.09. The van der Waals surface area contributed by atoms with Crippen LogP contribution >= 0.6 is 59.4 Å². The van der Waals surface area contributed by atoms with E-state index in [1.165, 1.54) is 36.9 Å². The molecule has 3 aromatic heterocycles. The van der Waals surface area contributed by atoms with Gasteiger partial charge in [0.15, 0.2) is 5.82 Å². The standard InChI is InChI=1S/C18H11BrFN5O3.C17H12BrClN4O3.C17H12BrFN4O3.2C2H6/c19-11-2-1-10-13(14(11)20)18(3-4-18)16(28)25(15(10)27)8-12(26)24-17-22-6-9(5-21)7-23-17;2*18-9-1-2-11-12(5-9)17(3-4-17)15(26)23(14(11)25)8-13(24)22-16-20-6-10(19)7-21-16;2*1-2/h1-2,6-7H,3-4,8H2,(H,22,23,24,26);2*1-2,5-7H,3-4,8H2,(H,20,21,22,24);2*1-2H3.